The molecule has 0 radical (unpaired) electrons. The number of benzene rings is 2. The van der Waals surface area contributed by atoms with E-state index in [9.17, 15) is 22.4 Å². The van der Waals surface area contributed by atoms with E-state index in [1.54, 1.807) is 18.2 Å². The van der Waals surface area contributed by atoms with Crippen molar-refractivity contribution in [3.05, 3.63) is 93.0 Å². The molecular formula is C20H15FN4O5S. The molecule has 0 bridgehead atoms. The number of hydrogen-bond donors (Lipinski definition) is 3. The normalized spacial score (nSPS) is 11.5. The molecule has 0 aliphatic heterocycles. The Morgan fingerprint density at radius 1 is 1.03 bits per heavy atom. The summed E-state index contributed by atoms with van der Waals surface area (Å²) in [4.78, 5) is 31.7. The lowest BCUT2D eigenvalue weighted by molar-refractivity contribution is 0.451. The number of rotatable bonds is 6. The highest BCUT2D eigenvalue weighted by molar-refractivity contribution is 7.89. The summed E-state index contributed by atoms with van der Waals surface area (Å²) in [5.41, 5.74) is -0.758. The zero-order valence-corrected chi connectivity index (χ0v) is 16.6. The first kappa shape index (κ1) is 20.4. The van der Waals surface area contributed by atoms with Crippen LogP contribution in [0.15, 0.2) is 75.3 Å². The Kier molecular flexibility index (Phi) is 5.36. The fourth-order valence-corrected chi connectivity index (χ4v) is 3.89. The van der Waals surface area contributed by atoms with Crippen LogP contribution in [0.2, 0.25) is 0 Å². The number of ether oxygens (including phenoxy) is 1. The van der Waals surface area contributed by atoms with Crippen LogP contribution in [0, 0.1) is 5.82 Å². The molecule has 0 spiro atoms. The second kappa shape index (κ2) is 8.13. The average molecular weight is 442 g/mol. The molecule has 2 heterocycles. The number of halogens is 1. The van der Waals surface area contributed by atoms with Crippen LogP contribution < -0.4 is 20.7 Å². The molecule has 0 amide bonds. The highest BCUT2D eigenvalue weighted by atomic mass is 32.2. The van der Waals surface area contributed by atoms with Crippen LogP contribution in [0.3, 0.4) is 0 Å². The van der Waals surface area contributed by atoms with Gasteiger partial charge in [0.1, 0.15) is 11.6 Å². The van der Waals surface area contributed by atoms with Gasteiger partial charge in [0.25, 0.3) is 5.56 Å². The van der Waals surface area contributed by atoms with E-state index < -0.39 is 27.1 Å². The molecule has 0 fully saturated rings. The van der Waals surface area contributed by atoms with E-state index >= 15 is 0 Å². The number of nitrogens with one attached hydrogen (secondary N) is 3. The lowest BCUT2D eigenvalue weighted by Crippen LogP contribution is -2.25. The largest absolute Gasteiger partial charge is 0.439 e. The van der Waals surface area contributed by atoms with E-state index in [0.717, 1.165) is 0 Å². The predicted molar refractivity (Wildman–Crippen MR) is 110 cm³/mol. The zero-order chi connectivity index (χ0) is 22.0. The van der Waals surface area contributed by atoms with Crippen molar-refractivity contribution in [1.29, 1.82) is 0 Å². The first-order valence-corrected chi connectivity index (χ1v) is 10.4. The lowest BCUT2D eigenvalue weighted by Gasteiger charge is -2.11. The smallest absolute Gasteiger partial charge is 0.326 e. The minimum absolute atomic E-state index is 0.0268. The van der Waals surface area contributed by atoms with Gasteiger partial charge < -0.3 is 9.72 Å². The van der Waals surface area contributed by atoms with Crippen molar-refractivity contribution in [2.24, 2.45) is 0 Å². The van der Waals surface area contributed by atoms with Crippen molar-refractivity contribution in [1.82, 2.24) is 19.7 Å². The van der Waals surface area contributed by atoms with Crippen LogP contribution in [0.1, 0.15) is 5.56 Å². The van der Waals surface area contributed by atoms with Gasteiger partial charge in [-0.2, -0.15) is 0 Å². The van der Waals surface area contributed by atoms with Gasteiger partial charge in [-0.05, 0) is 36.4 Å². The fourth-order valence-electron chi connectivity index (χ4n) is 2.86. The number of aromatic nitrogens is 3. The third-order valence-electron chi connectivity index (χ3n) is 4.33. The van der Waals surface area contributed by atoms with Crippen molar-refractivity contribution in [2.45, 2.75) is 11.4 Å². The maximum Gasteiger partial charge on any atom is 0.326 e. The molecule has 0 unspecified atom stereocenters. The molecule has 4 aromatic rings. The summed E-state index contributed by atoms with van der Waals surface area (Å²) in [7, 11) is -4.01. The molecule has 158 valence electrons. The monoisotopic (exact) mass is 442 g/mol. The molecule has 0 atom stereocenters. The molecule has 4 rings (SSSR count). The Hall–Kier alpha value is -3.83. The molecule has 9 nitrogen and oxygen atoms in total. The summed E-state index contributed by atoms with van der Waals surface area (Å²) < 4.78 is 46.9. The third kappa shape index (κ3) is 4.52. The second-order valence-electron chi connectivity index (χ2n) is 6.47. The van der Waals surface area contributed by atoms with E-state index in [0.29, 0.717) is 5.56 Å². The Balaban J connectivity index is 1.58. The number of nitrogens with zero attached hydrogens (tertiary/aromatic N) is 1. The van der Waals surface area contributed by atoms with Crippen LogP contribution in [0.5, 0.6) is 11.6 Å². The molecule has 0 aliphatic rings. The Bertz CT molecular complexity index is 1500. The summed E-state index contributed by atoms with van der Waals surface area (Å²) in [5.74, 6) is -0.155. The Labute approximate surface area is 174 Å². The van der Waals surface area contributed by atoms with Gasteiger partial charge in [0.2, 0.25) is 15.9 Å². The number of sulfonamides is 1. The Morgan fingerprint density at radius 3 is 2.68 bits per heavy atom. The molecular weight excluding hydrogens is 427 g/mol. The van der Waals surface area contributed by atoms with Gasteiger partial charge >= 0.3 is 5.69 Å². The van der Waals surface area contributed by atoms with Crippen molar-refractivity contribution < 1.29 is 17.5 Å². The van der Waals surface area contributed by atoms with E-state index in [1.807, 2.05) is 0 Å². The van der Waals surface area contributed by atoms with E-state index in [4.69, 9.17) is 4.74 Å². The van der Waals surface area contributed by atoms with Crippen LogP contribution >= 0.6 is 0 Å². The van der Waals surface area contributed by atoms with Gasteiger partial charge in [-0.25, -0.2) is 27.3 Å². The van der Waals surface area contributed by atoms with Gasteiger partial charge in [0, 0.05) is 24.4 Å². The summed E-state index contributed by atoms with van der Waals surface area (Å²) in [6.45, 7) is -0.166. The van der Waals surface area contributed by atoms with Crippen molar-refractivity contribution in [3.8, 4) is 11.6 Å². The van der Waals surface area contributed by atoms with Gasteiger partial charge in [0.05, 0.1) is 15.8 Å². The quantitative estimate of drug-likeness (QED) is 0.418. The van der Waals surface area contributed by atoms with Gasteiger partial charge in [-0.1, -0.05) is 12.1 Å². The highest BCUT2D eigenvalue weighted by Crippen LogP contribution is 2.24. The van der Waals surface area contributed by atoms with Crippen molar-refractivity contribution in [2.75, 3.05) is 0 Å². The topological polar surface area (TPSA) is 134 Å². The standard InChI is InChI=1S/C20H15FN4O5S/c21-13-4-1-5-14(9-13)30-19-12(3-2-8-22-19)11-23-31(28,29)15-6-7-17-16(10-15)18(26)25-20(27)24-17/h1-10,23H,11H2,(H2,24,25,26,27). The lowest BCUT2D eigenvalue weighted by atomic mass is 10.2. The van der Waals surface area contributed by atoms with E-state index in [1.165, 1.54) is 42.6 Å². The molecule has 2 aromatic heterocycles. The molecule has 2 aromatic carbocycles. The van der Waals surface area contributed by atoms with Crippen LogP contribution in [0.4, 0.5) is 4.39 Å². The predicted octanol–water partition coefficient (Wildman–Crippen LogP) is 2.02. The highest BCUT2D eigenvalue weighted by Gasteiger charge is 2.17. The number of aromatic amines is 2. The first-order chi connectivity index (χ1) is 14.8. The van der Waals surface area contributed by atoms with Crippen molar-refractivity contribution >= 4 is 20.9 Å². The maximum absolute atomic E-state index is 13.4. The van der Waals surface area contributed by atoms with Gasteiger partial charge in [0.15, 0.2) is 0 Å². The van der Waals surface area contributed by atoms with Crippen LogP contribution in [-0.4, -0.2) is 23.4 Å². The number of H-pyrrole nitrogens is 2. The SMILES string of the molecule is O=c1[nH]c(=O)c2cc(S(=O)(=O)NCc3cccnc3Oc3cccc(F)c3)ccc2[nH]1. The van der Waals surface area contributed by atoms with Crippen LogP contribution in [0.25, 0.3) is 10.9 Å². The van der Waals surface area contributed by atoms with Crippen LogP contribution in [-0.2, 0) is 16.6 Å². The number of pyridine rings is 1. The molecule has 31 heavy (non-hydrogen) atoms. The first-order valence-electron chi connectivity index (χ1n) is 8.95. The second-order valence-corrected chi connectivity index (χ2v) is 8.23. The molecule has 0 saturated carbocycles. The molecule has 11 heteroatoms. The van der Waals surface area contributed by atoms with Crippen molar-refractivity contribution in [3.63, 3.8) is 0 Å². The molecule has 0 aliphatic carbocycles. The van der Waals surface area contributed by atoms with E-state index in [-0.39, 0.29) is 34.0 Å². The maximum atomic E-state index is 13.4. The van der Waals surface area contributed by atoms with Gasteiger partial charge in [-0.3, -0.25) is 9.78 Å². The minimum atomic E-state index is -4.01. The summed E-state index contributed by atoms with van der Waals surface area (Å²) in [6, 6.07) is 12.5. The summed E-state index contributed by atoms with van der Waals surface area (Å²) in [5, 5.41) is 0.0268. The fraction of sp³-hybridized carbons (Fsp3) is 0.0500. The average Bonchev–Trinajstić information content (AvgIpc) is 2.73. The summed E-state index contributed by atoms with van der Waals surface area (Å²) in [6.07, 6.45) is 1.46. The molecule has 0 saturated heterocycles. The number of hydrogen-bond acceptors (Lipinski definition) is 6. The minimum Gasteiger partial charge on any atom is -0.439 e. The zero-order valence-electron chi connectivity index (χ0n) is 15.8. The third-order valence-corrected chi connectivity index (χ3v) is 5.73. The summed E-state index contributed by atoms with van der Waals surface area (Å²) >= 11 is 0. The van der Waals surface area contributed by atoms with Gasteiger partial charge in [-0.15, -0.1) is 0 Å². The molecule has 3 N–H and O–H groups in total. The number of fused-ring (bicyclic) bond motifs is 1. The Morgan fingerprint density at radius 2 is 1.87 bits per heavy atom. The van der Waals surface area contributed by atoms with E-state index in [2.05, 4.69) is 19.7 Å².